The Labute approximate surface area is 109 Å². The molecule has 0 aromatic heterocycles. The Balaban J connectivity index is 0.00000256. The average molecular weight is 257 g/mol. The van der Waals surface area contributed by atoms with E-state index in [0.717, 1.165) is 36.4 Å². The fourth-order valence-corrected chi connectivity index (χ4v) is 1.65. The van der Waals surface area contributed by atoms with Gasteiger partial charge in [0.05, 0.1) is 0 Å². The van der Waals surface area contributed by atoms with E-state index in [1.807, 2.05) is 12.1 Å². The summed E-state index contributed by atoms with van der Waals surface area (Å²) in [6, 6.07) is 5.49. The highest BCUT2D eigenvalue weighted by atomic mass is 35.5. The molecule has 1 aromatic rings. The van der Waals surface area contributed by atoms with E-state index in [4.69, 9.17) is 5.73 Å². The van der Waals surface area contributed by atoms with E-state index in [1.54, 1.807) is 13.0 Å². The molecule has 1 rings (SSSR count). The van der Waals surface area contributed by atoms with Crippen molar-refractivity contribution in [2.24, 2.45) is 0 Å². The molecule has 0 amide bonds. The van der Waals surface area contributed by atoms with E-state index in [0.29, 0.717) is 0 Å². The molecule has 0 aliphatic heterocycles. The Hall–Kier alpha value is -1.06. The topological polar surface area (TPSA) is 46.3 Å². The van der Waals surface area contributed by atoms with E-state index in [9.17, 15) is 4.79 Å². The second-order valence-electron chi connectivity index (χ2n) is 3.93. The molecule has 3 nitrogen and oxygen atoms in total. The number of hydrogen-bond donors (Lipinski definition) is 1. The Morgan fingerprint density at radius 1 is 1.29 bits per heavy atom. The minimum atomic E-state index is 0. The zero-order chi connectivity index (χ0) is 12.1. The highest BCUT2D eigenvalue weighted by Crippen LogP contribution is 2.16. The van der Waals surface area contributed by atoms with Crippen molar-refractivity contribution < 1.29 is 4.79 Å². The molecule has 0 radical (unpaired) electrons. The van der Waals surface area contributed by atoms with E-state index in [-0.39, 0.29) is 18.2 Å². The third-order valence-electron chi connectivity index (χ3n) is 2.84. The minimum absolute atomic E-state index is 0. The third-order valence-corrected chi connectivity index (χ3v) is 2.84. The van der Waals surface area contributed by atoms with Gasteiger partial charge >= 0.3 is 0 Å². The maximum absolute atomic E-state index is 11.3. The van der Waals surface area contributed by atoms with E-state index >= 15 is 0 Å². The smallest absolute Gasteiger partial charge is 0.159 e. The number of hydrogen-bond acceptors (Lipinski definition) is 3. The summed E-state index contributed by atoms with van der Waals surface area (Å²) in [7, 11) is 0. The Kier molecular flexibility index (Phi) is 6.85. The first-order valence-corrected chi connectivity index (χ1v) is 5.70. The maximum Gasteiger partial charge on any atom is 0.159 e. The van der Waals surface area contributed by atoms with Crippen molar-refractivity contribution >= 4 is 23.9 Å². The van der Waals surface area contributed by atoms with Gasteiger partial charge in [-0.15, -0.1) is 12.4 Å². The quantitative estimate of drug-likeness (QED) is 0.651. The number of nitrogens with zero attached hydrogens (tertiary/aromatic N) is 1. The molecule has 0 aliphatic rings. The standard InChI is InChI=1S/C13H20N2O.ClH/c1-4-15(5-2)9-12-8-11(10(3)16)6-7-13(12)14;/h6-8H,4-5,9,14H2,1-3H3;1H. The summed E-state index contributed by atoms with van der Waals surface area (Å²) >= 11 is 0. The SMILES string of the molecule is CCN(CC)Cc1cc(C(C)=O)ccc1N.Cl. The lowest BCUT2D eigenvalue weighted by Gasteiger charge is -2.19. The van der Waals surface area contributed by atoms with Gasteiger partial charge in [0.1, 0.15) is 0 Å². The van der Waals surface area contributed by atoms with Crippen LogP contribution in [-0.4, -0.2) is 23.8 Å². The van der Waals surface area contributed by atoms with Gasteiger partial charge in [-0.3, -0.25) is 9.69 Å². The molecule has 2 N–H and O–H groups in total. The van der Waals surface area contributed by atoms with Crippen LogP contribution < -0.4 is 5.73 Å². The summed E-state index contributed by atoms with van der Waals surface area (Å²) < 4.78 is 0. The second kappa shape index (κ2) is 7.30. The average Bonchev–Trinajstić information content (AvgIpc) is 2.27. The zero-order valence-electron chi connectivity index (χ0n) is 10.7. The number of halogens is 1. The molecular formula is C13H21ClN2O. The van der Waals surface area contributed by atoms with Crippen LogP contribution in [0.25, 0.3) is 0 Å². The number of anilines is 1. The van der Waals surface area contributed by atoms with Gasteiger partial charge in [0.25, 0.3) is 0 Å². The highest BCUT2D eigenvalue weighted by Gasteiger charge is 2.07. The van der Waals surface area contributed by atoms with Crippen molar-refractivity contribution in [3.63, 3.8) is 0 Å². The van der Waals surface area contributed by atoms with Crippen molar-refractivity contribution in [3.8, 4) is 0 Å². The maximum atomic E-state index is 11.3. The van der Waals surface area contributed by atoms with E-state index in [1.165, 1.54) is 0 Å². The molecule has 17 heavy (non-hydrogen) atoms. The molecule has 0 spiro atoms. The van der Waals surface area contributed by atoms with Gasteiger partial charge in [0, 0.05) is 17.8 Å². The largest absolute Gasteiger partial charge is 0.398 e. The Bertz CT molecular complexity index is 376. The molecule has 0 bridgehead atoms. The minimum Gasteiger partial charge on any atom is -0.398 e. The predicted octanol–water partition coefficient (Wildman–Crippen LogP) is 2.74. The Morgan fingerprint density at radius 3 is 2.35 bits per heavy atom. The number of carbonyl (C=O) groups excluding carboxylic acids is 1. The summed E-state index contributed by atoms with van der Waals surface area (Å²) in [5.74, 6) is 0.0841. The van der Waals surface area contributed by atoms with E-state index < -0.39 is 0 Å². The van der Waals surface area contributed by atoms with Crippen LogP contribution in [0.2, 0.25) is 0 Å². The Morgan fingerprint density at radius 2 is 1.88 bits per heavy atom. The highest BCUT2D eigenvalue weighted by molar-refractivity contribution is 5.94. The van der Waals surface area contributed by atoms with Gasteiger partial charge in [-0.1, -0.05) is 13.8 Å². The molecule has 4 heteroatoms. The summed E-state index contributed by atoms with van der Waals surface area (Å²) in [6.45, 7) is 8.59. The molecule has 0 saturated heterocycles. The fourth-order valence-electron chi connectivity index (χ4n) is 1.65. The molecule has 0 saturated carbocycles. The first kappa shape index (κ1) is 15.9. The molecule has 0 heterocycles. The summed E-state index contributed by atoms with van der Waals surface area (Å²) in [5.41, 5.74) is 8.44. The van der Waals surface area contributed by atoms with Crippen LogP contribution in [0.1, 0.15) is 36.7 Å². The first-order chi connectivity index (χ1) is 7.58. The predicted molar refractivity (Wildman–Crippen MR) is 74.7 cm³/mol. The normalized spacial score (nSPS) is 10.1. The van der Waals surface area contributed by atoms with Crippen LogP contribution in [0.3, 0.4) is 0 Å². The van der Waals surface area contributed by atoms with Gasteiger partial charge in [-0.2, -0.15) is 0 Å². The van der Waals surface area contributed by atoms with Crippen LogP contribution in [0.5, 0.6) is 0 Å². The number of nitrogen functional groups attached to an aromatic ring is 1. The van der Waals surface area contributed by atoms with Crippen molar-refractivity contribution in [1.29, 1.82) is 0 Å². The van der Waals surface area contributed by atoms with Crippen molar-refractivity contribution in [2.45, 2.75) is 27.3 Å². The zero-order valence-corrected chi connectivity index (χ0v) is 11.5. The molecular weight excluding hydrogens is 236 g/mol. The molecule has 0 fully saturated rings. The van der Waals surface area contributed by atoms with Crippen LogP contribution >= 0.6 is 12.4 Å². The fraction of sp³-hybridized carbons (Fsp3) is 0.462. The summed E-state index contributed by atoms with van der Waals surface area (Å²) in [4.78, 5) is 13.6. The number of Topliss-reactive ketones (excluding diaryl/α,β-unsaturated/α-hetero) is 1. The lowest BCUT2D eigenvalue weighted by atomic mass is 10.1. The first-order valence-electron chi connectivity index (χ1n) is 5.70. The van der Waals surface area contributed by atoms with Crippen LogP contribution in [-0.2, 0) is 6.54 Å². The lowest BCUT2D eigenvalue weighted by Crippen LogP contribution is -2.22. The number of benzene rings is 1. The van der Waals surface area contributed by atoms with Crippen LogP contribution in [0.15, 0.2) is 18.2 Å². The van der Waals surface area contributed by atoms with Crippen molar-refractivity contribution in [3.05, 3.63) is 29.3 Å². The summed E-state index contributed by atoms with van der Waals surface area (Å²) in [5, 5.41) is 0. The van der Waals surface area contributed by atoms with Gasteiger partial charge in [0.2, 0.25) is 0 Å². The van der Waals surface area contributed by atoms with Crippen LogP contribution in [0.4, 0.5) is 5.69 Å². The molecule has 0 atom stereocenters. The molecule has 0 aliphatic carbocycles. The number of carbonyl (C=O) groups is 1. The number of rotatable bonds is 5. The van der Waals surface area contributed by atoms with E-state index in [2.05, 4.69) is 18.7 Å². The van der Waals surface area contributed by atoms with Gasteiger partial charge in [-0.05, 0) is 43.8 Å². The molecule has 1 aromatic carbocycles. The van der Waals surface area contributed by atoms with Crippen molar-refractivity contribution in [2.75, 3.05) is 18.8 Å². The third kappa shape index (κ3) is 4.36. The van der Waals surface area contributed by atoms with Crippen LogP contribution in [0, 0.1) is 0 Å². The molecule has 96 valence electrons. The number of nitrogens with two attached hydrogens (primary N) is 1. The lowest BCUT2D eigenvalue weighted by molar-refractivity contribution is 0.101. The molecule has 0 unspecified atom stereocenters. The monoisotopic (exact) mass is 256 g/mol. The number of ketones is 1. The van der Waals surface area contributed by atoms with Gasteiger partial charge in [0.15, 0.2) is 5.78 Å². The van der Waals surface area contributed by atoms with Crippen molar-refractivity contribution in [1.82, 2.24) is 4.90 Å². The van der Waals surface area contributed by atoms with Gasteiger partial charge in [-0.25, -0.2) is 0 Å². The summed E-state index contributed by atoms with van der Waals surface area (Å²) in [6.07, 6.45) is 0. The second-order valence-corrected chi connectivity index (χ2v) is 3.93. The van der Waals surface area contributed by atoms with Gasteiger partial charge < -0.3 is 5.73 Å².